The Morgan fingerprint density at radius 2 is 1.61 bits per heavy atom. The number of amides is 1. The molecule has 71 heavy (non-hydrogen) atoms. The molecular formula is C54H60N4O13. The van der Waals surface area contributed by atoms with E-state index in [1.54, 1.807) is 65.6 Å². The van der Waals surface area contributed by atoms with Crippen LogP contribution in [0.2, 0.25) is 0 Å². The first-order valence-corrected chi connectivity index (χ1v) is 24.0. The topological polar surface area (TPSA) is 223 Å². The molecule has 7 rings (SSSR count). The van der Waals surface area contributed by atoms with Crippen molar-refractivity contribution in [3.8, 4) is 23.0 Å². The average Bonchev–Trinajstić information content (AvgIpc) is 3.38. The number of rotatable bonds is 25. The molecule has 374 valence electrons. The van der Waals surface area contributed by atoms with Gasteiger partial charge in [-0.3, -0.25) is 29.8 Å². The second kappa shape index (κ2) is 24.1. The lowest BCUT2D eigenvalue weighted by atomic mass is 9.55. The second-order valence-electron chi connectivity index (χ2n) is 17.8. The molecule has 4 aromatic carbocycles. The highest BCUT2D eigenvalue weighted by Crippen LogP contribution is 2.62. The van der Waals surface area contributed by atoms with E-state index in [1.807, 2.05) is 19.1 Å². The Labute approximate surface area is 412 Å². The Morgan fingerprint density at radius 1 is 0.930 bits per heavy atom. The van der Waals surface area contributed by atoms with Gasteiger partial charge in [0.25, 0.3) is 11.4 Å². The highest BCUT2D eigenvalue weighted by Gasteiger charge is 2.65. The number of nitro groups is 2. The third kappa shape index (κ3) is 11.7. The number of hydrogen-bond donors (Lipinski definition) is 2. The molecule has 0 bridgehead atoms. The lowest BCUT2D eigenvalue weighted by Gasteiger charge is -2.60. The number of unbranched alkanes of at least 4 members (excludes halogenated alkanes) is 2. The summed E-state index contributed by atoms with van der Waals surface area (Å²) in [6, 6.07) is 21.6. The molecule has 1 fully saturated rings. The molecule has 2 N–H and O–H groups in total. The van der Waals surface area contributed by atoms with Crippen LogP contribution < -0.4 is 14.2 Å². The van der Waals surface area contributed by atoms with E-state index in [2.05, 4.69) is 12.7 Å². The fraction of sp³-hybridized carbons (Fsp3) is 0.389. The molecule has 17 heteroatoms. The van der Waals surface area contributed by atoms with Gasteiger partial charge in [0.2, 0.25) is 11.7 Å². The van der Waals surface area contributed by atoms with E-state index in [9.17, 15) is 40.0 Å². The second-order valence-corrected chi connectivity index (χ2v) is 17.8. The van der Waals surface area contributed by atoms with Crippen LogP contribution in [0, 0.1) is 38.0 Å². The molecule has 6 unspecified atom stereocenters. The maximum atomic E-state index is 14.9. The zero-order valence-electron chi connectivity index (χ0n) is 39.9. The van der Waals surface area contributed by atoms with Crippen LogP contribution in [0.15, 0.2) is 120 Å². The lowest BCUT2D eigenvalue weighted by molar-refractivity contribution is -0.385. The maximum Gasteiger partial charge on any atom is 0.269 e. The first kappa shape index (κ1) is 51.6. The quantitative estimate of drug-likeness (QED) is 0.0158. The molecule has 4 aromatic rings. The normalized spacial score (nSPS) is 21.5. The molecule has 1 aliphatic heterocycles. The monoisotopic (exact) mass is 972 g/mol. The van der Waals surface area contributed by atoms with E-state index in [0.29, 0.717) is 83.8 Å². The average molecular weight is 973 g/mol. The van der Waals surface area contributed by atoms with Crippen molar-refractivity contribution in [3.05, 3.63) is 158 Å². The third-order valence-corrected chi connectivity index (χ3v) is 13.4. The zero-order chi connectivity index (χ0) is 50.5. The predicted molar refractivity (Wildman–Crippen MR) is 265 cm³/mol. The summed E-state index contributed by atoms with van der Waals surface area (Å²) in [5.74, 6) is -1.26. The maximum absolute atomic E-state index is 14.9. The van der Waals surface area contributed by atoms with Crippen LogP contribution in [0.1, 0.15) is 91.3 Å². The van der Waals surface area contributed by atoms with Gasteiger partial charge in [0, 0.05) is 68.0 Å². The number of carbonyl (C=O) groups excluding carboxylic acids is 2. The molecule has 0 radical (unpaired) electrons. The summed E-state index contributed by atoms with van der Waals surface area (Å²) in [4.78, 5) is 56.6. The van der Waals surface area contributed by atoms with Crippen molar-refractivity contribution in [2.24, 2.45) is 22.9 Å². The van der Waals surface area contributed by atoms with Crippen molar-refractivity contribution < 1.29 is 53.4 Å². The van der Waals surface area contributed by atoms with Crippen molar-refractivity contribution in [1.82, 2.24) is 4.90 Å². The summed E-state index contributed by atoms with van der Waals surface area (Å²) in [7, 11) is 1.49. The summed E-state index contributed by atoms with van der Waals surface area (Å²) < 4.78 is 26.3. The number of aldehydes is 1. The number of allylic oxidation sites excluding steroid dienone is 1. The number of hydrogen-bond acceptors (Lipinski definition) is 14. The summed E-state index contributed by atoms with van der Waals surface area (Å²) in [6.07, 6.45) is 12.3. The standard InChI is InChI=1S/C54H60N4O13/c1-4-26-56(51(62)25-16-36-12-17-40(18-13-36)57(63)64)50-33-47(55-69-35-37-14-19-41(20-15-37)58(65)66)45-31-38(10-6-8-27-59)44(11-7-9-28-60)52-46-32-43(70-42-21-23-48(67-3)39(30-42)34-61)22-24-49(46)71-54(50,53(45)52)68-29-5-2/h5,12-25,30-32,34,38,44,50,52-53,59-60H,2,4,6-11,26-29,33,35H2,1,3H3. The molecule has 2 aliphatic carbocycles. The van der Waals surface area contributed by atoms with Gasteiger partial charge < -0.3 is 38.9 Å². The number of fused-ring (bicyclic) bond motifs is 2. The zero-order valence-corrected chi connectivity index (χ0v) is 39.9. The van der Waals surface area contributed by atoms with Crippen molar-refractivity contribution in [1.29, 1.82) is 0 Å². The Morgan fingerprint density at radius 3 is 2.25 bits per heavy atom. The Kier molecular flexibility index (Phi) is 17.5. The van der Waals surface area contributed by atoms with Crippen LogP contribution in [0.3, 0.4) is 0 Å². The largest absolute Gasteiger partial charge is 0.496 e. The molecule has 0 spiro atoms. The number of ether oxygens (including phenoxy) is 4. The Bertz CT molecular complexity index is 2630. The van der Waals surface area contributed by atoms with Gasteiger partial charge in [-0.1, -0.05) is 37.1 Å². The molecule has 1 heterocycles. The van der Waals surface area contributed by atoms with Crippen LogP contribution in [0.4, 0.5) is 11.4 Å². The van der Waals surface area contributed by atoms with E-state index < -0.39 is 27.6 Å². The van der Waals surface area contributed by atoms with Gasteiger partial charge in [-0.05, 0) is 127 Å². The SMILES string of the molecule is C=CCOC12Oc3ccc(Oc4ccc(OC)c(C=O)c4)cc3C3C(CCCCO)C(CCCCO)C=C(C(=NOCc4ccc([N+](=O)[O-])cc4)CC1N(CCC)C(=O)C=Cc1ccc([N+](=O)[O-])cc1)C32. The molecule has 0 saturated heterocycles. The summed E-state index contributed by atoms with van der Waals surface area (Å²) in [6.45, 7) is 6.33. The number of aliphatic hydroxyl groups excluding tert-OH is 2. The van der Waals surface area contributed by atoms with E-state index in [1.165, 1.54) is 37.5 Å². The van der Waals surface area contributed by atoms with Crippen LogP contribution in [0.5, 0.6) is 23.0 Å². The molecule has 1 amide bonds. The minimum absolute atomic E-state index is 0.0118. The highest BCUT2D eigenvalue weighted by atomic mass is 16.7. The number of oxime groups is 1. The summed E-state index contributed by atoms with van der Waals surface area (Å²) in [5, 5.41) is 47.7. The van der Waals surface area contributed by atoms with Crippen molar-refractivity contribution >= 4 is 35.4 Å². The van der Waals surface area contributed by atoms with Crippen molar-refractivity contribution in [2.75, 3.05) is 33.5 Å². The smallest absolute Gasteiger partial charge is 0.269 e. The number of carbonyl (C=O) groups is 2. The van der Waals surface area contributed by atoms with Crippen molar-refractivity contribution in [2.45, 2.75) is 82.6 Å². The molecule has 17 nitrogen and oxygen atoms in total. The van der Waals surface area contributed by atoms with Crippen LogP contribution in [-0.2, 0) is 21.0 Å². The number of benzene rings is 4. The van der Waals surface area contributed by atoms with Crippen LogP contribution >= 0.6 is 0 Å². The fourth-order valence-corrected chi connectivity index (χ4v) is 10.2. The lowest BCUT2D eigenvalue weighted by Crippen LogP contribution is -2.70. The van der Waals surface area contributed by atoms with Gasteiger partial charge in [0.1, 0.15) is 35.6 Å². The number of aliphatic hydroxyl groups is 2. The van der Waals surface area contributed by atoms with Gasteiger partial charge in [0.05, 0.1) is 40.8 Å². The fourth-order valence-electron chi connectivity index (χ4n) is 10.2. The molecule has 3 aliphatic rings. The Hall–Kier alpha value is -7.21. The van der Waals surface area contributed by atoms with Gasteiger partial charge in [-0.25, -0.2) is 0 Å². The highest BCUT2D eigenvalue weighted by molar-refractivity contribution is 6.03. The molecule has 0 aromatic heterocycles. The first-order valence-electron chi connectivity index (χ1n) is 24.0. The van der Waals surface area contributed by atoms with Gasteiger partial charge >= 0.3 is 0 Å². The van der Waals surface area contributed by atoms with Gasteiger partial charge in [0.15, 0.2) is 6.29 Å². The number of methoxy groups -OCH3 is 1. The molecule has 1 saturated carbocycles. The van der Waals surface area contributed by atoms with Gasteiger partial charge in [-0.15, -0.1) is 6.58 Å². The number of non-ortho nitro benzene ring substituents is 2. The third-order valence-electron chi connectivity index (χ3n) is 13.4. The van der Waals surface area contributed by atoms with E-state index in [4.69, 9.17) is 28.9 Å². The minimum atomic E-state index is -1.55. The van der Waals surface area contributed by atoms with E-state index in [-0.39, 0.29) is 74.4 Å². The number of nitrogens with zero attached hydrogens (tertiary/aromatic N) is 4. The number of nitro benzene ring substituents is 2. The van der Waals surface area contributed by atoms with Crippen LogP contribution in [0.25, 0.3) is 6.08 Å². The minimum Gasteiger partial charge on any atom is -0.496 e. The van der Waals surface area contributed by atoms with Gasteiger partial charge in [-0.2, -0.15) is 0 Å². The van der Waals surface area contributed by atoms with E-state index >= 15 is 0 Å². The van der Waals surface area contributed by atoms with E-state index in [0.717, 1.165) is 24.0 Å². The van der Waals surface area contributed by atoms with Crippen molar-refractivity contribution in [3.63, 3.8) is 0 Å². The summed E-state index contributed by atoms with van der Waals surface area (Å²) >= 11 is 0. The Balaban J connectivity index is 1.42. The molecular weight excluding hydrogens is 913 g/mol. The van der Waals surface area contributed by atoms with Crippen LogP contribution in [-0.4, -0.2) is 88.2 Å². The summed E-state index contributed by atoms with van der Waals surface area (Å²) in [5.41, 5.74) is 3.58. The predicted octanol–water partition coefficient (Wildman–Crippen LogP) is 9.90. The molecule has 6 atom stereocenters. The first-order chi connectivity index (χ1) is 34.5.